The van der Waals surface area contributed by atoms with Crippen molar-refractivity contribution in [1.82, 2.24) is 9.97 Å². The Kier molecular flexibility index (Phi) is 4.28. The van der Waals surface area contributed by atoms with Crippen LogP contribution in [0.25, 0.3) is 11.3 Å². The standard InChI is InChI=1S/C14H10F3N3OS/c1-7-3-4-10(14(15,16)17)8(5-7)11-9(6-18)12(21)20-13(19-11)22-2/h3-5H,1-2H3,(H,19,20,21). The fraction of sp³-hybridized carbons (Fsp3) is 0.214. The molecule has 0 aliphatic heterocycles. The van der Waals surface area contributed by atoms with Gasteiger partial charge in [0.1, 0.15) is 11.6 Å². The highest BCUT2D eigenvalue weighted by Crippen LogP contribution is 2.37. The Labute approximate surface area is 128 Å². The predicted molar refractivity (Wildman–Crippen MR) is 76.5 cm³/mol. The van der Waals surface area contributed by atoms with Gasteiger partial charge in [0.05, 0.1) is 11.3 Å². The first-order valence-corrected chi connectivity index (χ1v) is 7.27. The molecule has 2 rings (SSSR count). The van der Waals surface area contributed by atoms with Crippen LogP contribution in [0.4, 0.5) is 13.2 Å². The summed E-state index contributed by atoms with van der Waals surface area (Å²) in [4.78, 5) is 18.2. The van der Waals surface area contributed by atoms with E-state index in [1.807, 2.05) is 0 Å². The molecule has 0 spiro atoms. The van der Waals surface area contributed by atoms with Crippen molar-refractivity contribution in [2.24, 2.45) is 0 Å². The second-order valence-corrected chi connectivity index (χ2v) is 5.25. The molecule has 1 heterocycles. The van der Waals surface area contributed by atoms with Crippen molar-refractivity contribution in [3.05, 3.63) is 45.2 Å². The van der Waals surface area contributed by atoms with Crippen LogP contribution >= 0.6 is 11.8 Å². The van der Waals surface area contributed by atoms with Crippen LogP contribution in [0.2, 0.25) is 0 Å². The van der Waals surface area contributed by atoms with Crippen LogP contribution in [0.3, 0.4) is 0 Å². The molecular weight excluding hydrogens is 315 g/mol. The van der Waals surface area contributed by atoms with Crippen molar-refractivity contribution in [2.75, 3.05) is 6.26 Å². The number of thioether (sulfide) groups is 1. The van der Waals surface area contributed by atoms with Crippen LogP contribution < -0.4 is 5.56 Å². The average molecular weight is 325 g/mol. The normalized spacial score (nSPS) is 11.3. The van der Waals surface area contributed by atoms with E-state index in [1.54, 1.807) is 19.2 Å². The molecule has 0 amide bonds. The Hall–Kier alpha value is -2.27. The van der Waals surface area contributed by atoms with Crippen molar-refractivity contribution in [3.8, 4) is 17.3 Å². The summed E-state index contributed by atoms with van der Waals surface area (Å²) in [5.41, 5.74) is -2.09. The summed E-state index contributed by atoms with van der Waals surface area (Å²) in [6.45, 7) is 1.62. The van der Waals surface area contributed by atoms with Gasteiger partial charge in [-0.15, -0.1) is 0 Å². The number of aromatic amines is 1. The van der Waals surface area contributed by atoms with Crippen molar-refractivity contribution < 1.29 is 13.2 Å². The van der Waals surface area contributed by atoms with Gasteiger partial charge in [0, 0.05) is 5.56 Å². The number of nitriles is 1. The SMILES string of the molecule is CSc1nc(-c2cc(C)ccc2C(F)(F)F)c(C#N)c(=O)[nH]1. The number of benzene rings is 1. The zero-order valence-corrected chi connectivity index (χ0v) is 12.4. The molecule has 2 aromatic rings. The molecule has 0 saturated carbocycles. The van der Waals surface area contributed by atoms with Crippen molar-refractivity contribution in [3.63, 3.8) is 0 Å². The van der Waals surface area contributed by atoms with Gasteiger partial charge < -0.3 is 4.98 Å². The van der Waals surface area contributed by atoms with E-state index >= 15 is 0 Å². The van der Waals surface area contributed by atoms with Gasteiger partial charge in [-0.2, -0.15) is 18.4 Å². The number of hydrogen-bond donors (Lipinski definition) is 1. The first-order valence-electron chi connectivity index (χ1n) is 6.04. The maximum Gasteiger partial charge on any atom is 0.417 e. The highest BCUT2D eigenvalue weighted by molar-refractivity contribution is 7.98. The molecule has 114 valence electrons. The van der Waals surface area contributed by atoms with E-state index in [1.165, 1.54) is 12.1 Å². The lowest BCUT2D eigenvalue weighted by Crippen LogP contribution is -2.16. The van der Waals surface area contributed by atoms with Crippen LogP contribution in [0.1, 0.15) is 16.7 Å². The zero-order valence-electron chi connectivity index (χ0n) is 11.6. The lowest BCUT2D eigenvalue weighted by atomic mass is 9.98. The summed E-state index contributed by atoms with van der Waals surface area (Å²) in [6, 6.07) is 5.15. The van der Waals surface area contributed by atoms with Gasteiger partial charge in [0.25, 0.3) is 5.56 Å². The Bertz CT molecular complexity index is 822. The minimum Gasteiger partial charge on any atom is -0.300 e. The second kappa shape index (κ2) is 5.85. The van der Waals surface area contributed by atoms with Crippen LogP contribution in [0.15, 0.2) is 28.2 Å². The van der Waals surface area contributed by atoms with Crippen molar-refractivity contribution in [1.29, 1.82) is 5.26 Å². The topological polar surface area (TPSA) is 69.5 Å². The largest absolute Gasteiger partial charge is 0.417 e. The Morgan fingerprint density at radius 3 is 2.59 bits per heavy atom. The summed E-state index contributed by atoms with van der Waals surface area (Å²) in [5.74, 6) is 0. The van der Waals surface area contributed by atoms with Crippen LogP contribution in [0.5, 0.6) is 0 Å². The number of halogens is 3. The molecule has 4 nitrogen and oxygen atoms in total. The van der Waals surface area contributed by atoms with Gasteiger partial charge in [-0.05, 0) is 25.3 Å². The number of aromatic nitrogens is 2. The molecule has 1 aromatic heterocycles. The van der Waals surface area contributed by atoms with E-state index in [0.717, 1.165) is 17.8 Å². The zero-order chi connectivity index (χ0) is 16.5. The number of nitrogens with zero attached hydrogens (tertiary/aromatic N) is 2. The van der Waals surface area contributed by atoms with E-state index < -0.39 is 22.9 Å². The van der Waals surface area contributed by atoms with Crippen LogP contribution in [-0.2, 0) is 6.18 Å². The van der Waals surface area contributed by atoms with Gasteiger partial charge in [0.15, 0.2) is 5.16 Å². The summed E-state index contributed by atoms with van der Waals surface area (Å²) in [7, 11) is 0. The molecule has 0 atom stereocenters. The molecule has 0 aliphatic rings. The first-order chi connectivity index (χ1) is 10.3. The predicted octanol–water partition coefficient (Wildman–Crippen LogP) is 3.36. The minimum atomic E-state index is -4.61. The summed E-state index contributed by atoms with van der Waals surface area (Å²) < 4.78 is 39.5. The van der Waals surface area contributed by atoms with Gasteiger partial charge in [-0.25, -0.2) is 4.98 Å². The summed E-state index contributed by atoms with van der Waals surface area (Å²) in [6.07, 6.45) is -2.99. The molecule has 22 heavy (non-hydrogen) atoms. The van der Waals surface area contributed by atoms with Gasteiger partial charge in [-0.1, -0.05) is 23.4 Å². The Morgan fingerprint density at radius 1 is 1.36 bits per heavy atom. The monoisotopic (exact) mass is 325 g/mol. The van der Waals surface area contributed by atoms with Crippen LogP contribution in [0, 0.1) is 18.3 Å². The Balaban J connectivity index is 2.88. The number of H-pyrrole nitrogens is 1. The van der Waals surface area contributed by atoms with E-state index in [2.05, 4.69) is 9.97 Å². The van der Waals surface area contributed by atoms with Gasteiger partial charge in [-0.3, -0.25) is 4.79 Å². The lowest BCUT2D eigenvalue weighted by Gasteiger charge is -2.14. The smallest absolute Gasteiger partial charge is 0.300 e. The third kappa shape index (κ3) is 2.99. The summed E-state index contributed by atoms with van der Waals surface area (Å²) in [5, 5.41) is 9.24. The maximum absolute atomic E-state index is 13.2. The molecule has 0 bridgehead atoms. The molecule has 1 N–H and O–H groups in total. The van der Waals surface area contributed by atoms with Crippen LogP contribution in [-0.4, -0.2) is 16.2 Å². The fourth-order valence-corrected chi connectivity index (χ4v) is 2.33. The number of alkyl halides is 3. The second-order valence-electron chi connectivity index (χ2n) is 4.46. The minimum absolute atomic E-state index is 0.147. The van der Waals surface area contributed by atoms with Gasteiger partial charge in [0.2, 0.25) is 0 Å². The number of rotatable bonds is 2. The summed E-state index contributed by atoms with van der Waals surface area (Å²) >= 11 is 1.07. The quantitative estimate of drug-likeness (QED) is 0.679. The third-order valence-corrected chi connectivity index (χ3v) is 3.52. The highest BCUT2D eigenvalue weighted by atomic mass is 32.2. The molecule has 8 heteroatoms. The van der Waals surface area contributed by atoms with Crippen molar-refractivity contribution in [2.45, 2.75) is 18.3 Å². The van der Waals surface area contributed by atoms with E-state index in [9.17, 15) is 18.0 Å². The number of aryl methyl sites for hydroxylation is 1. The molecule has 0 saturated heterocycles. The molecular formula is C14H10F3N3OS. The number of hydrogen-bond acceptors (Lipinski definition) is 4. The van der Waals surface area contributed by atoms with Crippen molar-refractivity contribution >= 4 is 11.8 Å². The van der Waals surface area contributed by atoms with E-state index in [4.69, 9.17) is 5.26 Å². The van der Waals surface area contributed by atoms with E-state index in [0.29, 0.717) is 5.56 Å². The average Bonchev–Trinajstić information content (AvgIpc) is 2.44. The molecule has 0 radical (unpaired) electrons. The lowest BCUT2D eigenvalue weighted by molar-refractivity contribution is -0.137. The fourth-order valence-electron chi connectivity index (χ4n) is 1.95. The Morgan fingerprint density at radius 2 is 2.05 bits per heavy atom. The third-order valence-electron chi connectivity index (χ3n) is 2.94. The number of nitrogens with one attached hydrogen (secondary N) is 1. The molecule has 0 fully saturated rings. The highest BCUT2D eigenvalue weighted by Gasteiger charge is 2.35. The molecule has 1 aromatic carbocycles. The maximum atomic E-state index is 13.2. The van der Waals surface area contributed by atoms with E-state index in [-0.39, 0.29) is 16.4 Å². The molecule has 0 aliphatic carbocycles. The molecule has 0 unspecified atom stereocenters. The van der Waals surface area contributed by atoms with Gasteiger partial charge >= 0.3 is 6.18 Å². The first kappa shape index (κ1) is 16.1.